The van der Waals surface area contributed by atoms with Crippen LogP contribution in [0.3, 0.4) is 0 Å². The first kappa shape index (κ1) is 12.6. The van der Waals surface area contributed by atoms with Gasteiger partial charge in [0.2, 0.25) is 0 Å². The lowest BCUT2D eigenvalue weighted by molar-refractivity contribution is 0.0937. The molecule has 0 spiro atoms. The summed E-state index contributed by atoms with van der Waals surface area (Å²) in [5, 5.41) is 2.79. The molecule has 0 aromatic heterocycles. The van der Waals surface area contributed by atoms with E-state index in [0.717, 1.165) is 6.42 Å². The van der Waals surface area contributed by atoms with Crippen molar-refractivity contribution in [3.05, 3.63) is 35.1 Å². The van der Waals surface area contributed by atoms with Gasteiger partial charge in [0.25, 0.3) is 5.91 Å². The van der Waals surface area contributed by atoms with Crippen molar-refractivity contribution in [3.8, 4) is 0 Å². The molecule has 0 saturated carbocycles. The summed E-state index contributed by atoms with van der Waals surface area (Å²) in [5.74, 6) is -0.511. The number of nitrogens with two attached hydrogens (primary N) is 1. The van der Waals surface area contributed by atoms with Crippen molar-refractivity contribution >= 4 is 5.91 Å². The zero-order valence-corrected chi connectivity index (χ0v) is 9.59. The molecule has 1 rings (SSSR count). The summed E-state index contributed by atoms with van der Waals surface area (Å²) in [7, 11) is 0. The highest BCUT2D eigenvalue weighted by atomic mass is 19.1. The molecular formula is C12H17FN2O. The van der Waals surface area contributed by atoms with E-state index in [1.54, 1.807) is 6.92 Å². The average molecular weight is 224 g/mol. The number of aryl methyl sites for hydroxylation is 1. The Morgan fingerprint density at radius 3 is 2.75 bits per heavy atom. The van der Waals surface area contributed by atoms with Gasteiger partial charge >= 0.3 is 0 Å². The van der Waals surface area contributed by atoms with Crippen LogP contribution in [0.25, 0.3) is 0 Å². The van der Waals surface area contributed by atoms with Gasteiger partial charge in [-0.3, -0.25) is 4.79 Å². The van der Waals surface area contributed by atoms with Gasteiger partial charge in [-0.2, -0.15) is 0 Å². The minimum absolute atomic E-state index is 0.0298. The Labute approximate surface area is 94.8 Å². The van der Waals surface area contributed by atoms with E-state index in [0.29, 0.717) is 17.7 Å². The molecule has 3 nitrogen and oxygen atoms in total. The highest BCUT2D eigenvalue weighted by molar-refractivity contribution is 5.94. The van der Waals surface area contributed by atoms with Crippen LogP contribution in [0.1, 0.15) is 29.3 Å². The van der Waals surface area contributed by atoms with Crippen LogP contribution in [0.2, 0.25) is 0 Å². The summed E-state index contributed by atoms with van der Waals surface area (Å²) in [4.78, 5) is 11.7. The van der Waals surface area contributed by atoms with Crippen molar-refractivity contribution in [2.45, 2.75) is 26.3 Å². The number of carbonyl (C=O) groups is 1. The Morgan fingerprint density at radius 2 is 2.25 bits per heavy atom. The third-order valence-electron chi connectivity index (χ3n) is 2.53. The molecule has 1 aromatic carbocycles. The largest absolute Gasteiger partial charge is 0.348 e. The Bertz CT molecular complexity index is 375. The van der Waals surface area contributed by atoms with E-state index in [4.69, 9.17) is 5.73 Å². The molecule has 1 aromatic rings. The molecule has 0 radical (unpaired) electrons. The van der Waals surface area contributed by atoms with Crippen molar-refractivity contribution in [2.75, 3.05) is 6.54 Å². The van der Waals surface area contributed by atoms with E-state index in [1.807, 2.05) is 6.92 Å². The van der Waals surface area contributed by atoms with Gasteiger partial charge in [-0.05, 0) is 37.1 Å². The molecule has 1 unspecified atom stereocenters. The van der Waals surface area contributed by atoms with Crippen LogP contribution < -0.4 is 11.1 Å². The SMILES string of the molecule is CCC(CN)NC(=O)c1ccc(F)c(C)c1. The summed E-state index contributed by atoms with van der Waals surface area (Å²) >= 11 is 0. The first-order valence-electron chi connectivity index (χ1n) is 5.35. The molecule has 0 aliphatic carbocycles. The average Bonchev–Trinajstić information content (AvgIpc) is 2.29. The van der Waals surface area contributed by atoms with E-state index >= 15 is 0 Å². The molecule has 0 aliphatic rings. The quantitative estimate of drug-likeness (QED) is 0.816. The Morgan fingerprint density at radius 1 is 1.56 bits per heavy atom. The second-order valence-corrected chi connectivity index (χ2v) is 3.78. The standard InChI is InChI=1S/C12H17FN2O/c1-3-10(7-14)15-12(16)9-4-5-11(13)8(2)6-9/h4-6,10H,3,7,14H2,1-2H3,(H,15,16). The first-order valence-corrected chi connectivity index (χ1v) is 5.35. The molecular weight excluding hydrogens is 207 g/mol. The number of amides is 1. The summed E-state index contributed by atoms with van der Waals surface area (Å²) in [6.07, 6.45) is 0.780. The van der Waals surface area contributed by atoms with Crippen LogP contribution in [0.5, 0.6) is 0 Å². The maximum Gasteiger partial charge on any atom is 0.251 e. The van der Waals surface area contributed by atoms with Crippen molar-refractivity contribution in [1.29, 1.82) is 0 Å². The number of hydrogen-bond donors (Lipinski definition) is 2. The molecule has 16 heavy (non-hydrogen) atoms. The molecule has 1 atom stereocenters. The second kappa shape index (κ2) is 5.61. The fourth-order valence-corrected chi connectivity index (χ4v) is 1.38. The summed E-state index contributed by atoms with van der Waals surface area (Å²) in [6, 6.07) is 4.28. The van der Waals surface area contributed by atoms with Gasteiger partial charge in [0.1, 0.15) is 5.82 Å². The number of benzene rings is 1. The van der Waals surface area contributed by atoms with E-state index in [2.05, 4.69) is 5.32 Å². The maximum absolute atomic E-state index is 13.0. The number of nitrogens with one attached hydrogen (secondary N) is 1. The smallest absolute Gasteiger partial charge is 0.251 e. The molecule has 0 aliphatic heterocycles. The van der Waals surface area contributed by atoms with Crippen LogP contribution in [0, 0.1) is 12.7 Å². The third kappa shape index (κ3) is 3.03. The van der Waals surface area contributed by atoms with Crippen LogP contribution >= 0.6 is 0 Å². The van der Waals surface area contributed by atoms with E-state index in [-0.39, 0.29) is 17.8 Å². The number of hydrogen-bond acceptors (Lipinski definition) is 2. The summed E-state index contributed by atoms with van der Waals surface area (Å²) < 4.78 is 13.0. The molecule has 4 heteroatoms. The summed E-state index contributed by atoms with van der Waals surface area (Å²) in [5.41, 5.74) is 6.42. The maximum atomic E-state index is 13.0. The van der Waals surface area contributed by atoms with E-state index in [1.165, 1.54) is 18.2 Å². The van der Waals surface area contributed by atoms with Gasteiger partial charge in [-0.25, -0.2) is 4.39 Å². The zero-order chi connectivity index (χ0) is 12.1. The fourth-order valence-electron chi connectivity index (χ4n) is 1.38. The van der Waals surface area contributed by atoms with Crippen molar-refractivity contribution in [1.82, 2.24) is 5.32 Å². The Kier molecular flexibility index (Phi) is 4.43. The molecule has 0 heterocycles. The topological polar surface area (TPSA) is 55.1 Å². The zero-order valence-electron chi connectivity index (χ0n) is 9.59. The van der Waals surface area contributed by atoms with Crippen molar-refractivity contribution < 1.29 is 9.18 Å². The lowest BCUT2D eigenvalue weighted by atomic mass is 10.1. The van der Waals surface area contributed by atoms with Gasteiger partial charge < -0.3 is 11.1 Å². The van der Waals surface area contributed by atoms with Crippen LogP contribution in [0.15, 0.2) is 18.2 Å². The highest BCUT2D eigenvalue weighted by Gasteiger charge is 2.11. The third-order valence-corrected chi connectivity index (χ3v) is 2.53. The minimum atomic E-state index is -0.303. The van der Waals surface area contributed by atoms with Gasteiger partial charge in [0, 0.05) is 18.2 Å². The second-order valence-electron chi connectivity index (χ2n) is 3.78. The normalized spacial score (nSPS) is 12.2. The van der Waals surface area contributed by atoms with Crippen molar-refractivity contribution in [3.63, 3.8) is 0 Å². The fraction of sp³-hybridized carbons (Fsp3) is 0.417. The van der Waals surface area contributed by atoms with Crippen LogP contribution in [-0.2, 0) is 0 Å². The minimum Gasteiger partial charge on any atom is -0.348 e. The summed E-state index contributed by atoms with van der Waals surface area (Å²) in [6.45, 7) is 3.99. The monoisotopic (exact) mass is 224 g/mol. The molecule has 0 saturated heterocycles. The van der Waals surface area contributed by atoms with Gasteiger partial charge in [0.05, 0.1) is 0 Å². The highest BCUT2D eigenvalue weighted by Crippen LogP contribution is 2.09. The van der Waals surface area contributed by atoms with E-state index < -0.39 is 0 Å². The molecule has 88 valence electrons. The van der Waals surface area contributed by atoms with Crippen LogP contribution in [-0.4, -0.2) is 18.5 Å². The predicted octanol–water partition coefficient (Wildman–Crippen LogP) is 1.60. The van der Waals surface area contributed by atoms with Crippen LogP contribution in [0.4, 0.5) is 4.39 Å². The van der Waals surface area contributed by atoms with E-state index in [9.17, 15) is 9.18 Å². The Balaban J connectivity index is 2.76. The lowest BCUT2D eigenvalue weighted by Crippen LogP contribution is -2.39. The van der Waals surface area contributed by atoms with Crippen molar-refractivity contribution in [2.24, 2.45) is 5.73 Å². The molecule has 3 N–H and O–H groups in total. The first-order chi connectivity index (χ1) is 7.58. The molecule has 0 bridgehead atoms. The number of carbonyl (C=O) groups excluding carboxylic acids is 1. The molecule has 1 amide bonds. The Hall–Kier alpha value is -1.42. The van der Waals surface area contributed by atoms with Gasteiger partial charge in [-0.15, -0.1) is 0 Å². The van der Waals surface area contributed by atoms with Gasteiger partial charge in [0.15, 0.2) is 0 Å². The number of halogens is 1. The lowest BCUT2D eigenvalue weighted by Gasteiger charge is -2.14. The van der Waals surface area contributed by atoms with Gasteiger partial charge in [-0.1, -0.05) is 6.92 Å². The number of rotatable bonds is 4. The predicted molar refractivity (Wildman–Crippen MR) is 61.7 cm³/mol. The molecule has 0 fully saturated rings.